The standard InChI is InChI=1S/C12H17FN2O3/c1-12(2,3)15-11(18)9(14)6-4-7(13)10(17)8(16)5-6/h4-5,9,16-17H,14H2,1-3H3,(H,15,18). The van der Waals surface area contributed by atoms with E-state index in [2.05, 4.69) is 5.32 Å². The largest absolute Gasteiger partial charge is 0.504 e. The highest BCUT2D eigenvalue weighted by atomic mass is 19.1. The molecule has 0 aromatic heterocycles. The van der Waals surface area contributed by atoms with Crippen molar-refractivity contribution in [3.05, 3.63) is 23.5 Å². The first-order chi connectivity index (χ1) is 8.11. The molecular formula is C12H17FN2O3. The van der Waals surface area contributed by atoms with Crippen LogP contribution in [0.3, 0.4) is 0 Å². The Morgan fingerprint density at radius 3 is 2.39 bits per heavy atom. The molecule has 1 rings (SSSR count). The highest BCUT2D eigenvalue weighted by molar-refractivity contribution is 5.83. The zero-order chi connectivity index (χ0) is 14.1. The zero-order valence-electron chi connectivity index (χ0n) is 10.5. The predicted octanol–water partition coefficient (Wildman–Crippen LogP) is 1.15. The number of benzene rings is 1. The van der Waals surface area contributed by atoms with E-state index in [1.54, 1.807) is 20.8 Å². The van der Waals surface area contributed by atoms with Gasteiger partial charge in [0.15, 0.2) is 17.3 Å². The first-order valence-electron chi connectivity index (χ1n) is 5.41. The molecule has 5 nitrogen and oxygen atoms in total. The van der Waals surface area contributed by atoms with E-state index in [0.717, 1.165) is 12.1 Å². The quantitative estimate of drug-likeness (QED) is 0.597. The molecule has 6 heteroatoms. The van der Waals surface area contributed by atoms with Crippen LogP contribution in [0.25, 0.3) is 0 Å². The number of aromatic hydroxyl groups is 2. The van der Waals surface area contributed by atoms with Crippen LogP contribution in [0.5, 0.6) is 11.5 Å². The van der Waals surface area contributed by atoms with Crippen molar-refractivity contribution in [2.75, 3.05) is 0 Å². The molecule has 0 aliphatic heterocycles. The maximum absolute atomic E-state index is 13.2. The summed E-state index contributed by atoms with van der Waals surface area (Å²) in [7, 11) is 0. The molecule has 0 aliphatic rings. The molecule has 0 radical (unpaired) electrons. The summed E-state index contributed by atoms with van der Waals surface area (Å²) in [6.45, 7) is 5.35. The summed E-state index contributed by atoms with van der Waals surface area (Å²) in [5.74, 6) is -3.03. The molecule has 1 amide bonds. The van der Waals surface area contributed by atoms with Crippen LogP contribution in [-0.2, 0) is 4.79 Å². The molecule has 18 heavy (non-hydrogen) atoms. The van der Waals surface area contributed by atoms with Crippen molar-refractivity contribution in [2.45, 2.75) is 32.4 Å². The van der Waals surface area contributed by atoms with E-state index in [-0.39, 0.29) is 5.56 Å². The first kappa shape index (κ1) is 14.2. The Kier molecular flexibility index (Phi) is 3.81. The van der Waals surface area contributed by atoms with Gasteiger partial charge in [-0.15, -0.1) is 0 Å². The van der Waals surface area contributed by atoms with E-state index in [4.69, 9.17) is 10.8 Å². The number of halogens is 1. The van der Waals surface area contributed by atoms with Crippen molar-refractivity contribution < 1.29 is 19.4 Å². The van der Waals surface area contributed by atoms with Gasteiger partial charge in [-0.05, 0) is 38.5 Å². The topological polar surface area (TPSA) is 95.6 Å². The monoisotopic (exact) mass is 256 g/mol. The number of carbonyl (C=O) groups is 1. The summed E-state index contributed by atoms with van der Waals surface area (Å²) in [6.07, 6.45) is 0. The molecule has 0 heterocycles. The second kappa shape index (κ2) is 4.81. The Labute approximate surface area is 104 Å². The molecular weight excluding hydrogens is 239 g/mol. The van der Waals surface area contributed by atoms with Crippen LogP contribution in [0.1, 0.15) is 32.4 Å². The third kappa shape index (κ3) is 3.33. The third-order valence-electron chi connectivity index (χ3n) is 2.21. The number of carbonyl (C=O) groups excluding carboxylic acids is 1. The molecule has 1 unspecified atom stereocenters. The van der Waals surface area contributed by atoms with Gasteiger partial charge in [0.25, 0.3) is 0 Å². The van der Waals surface area contributed by atoms with Crippen molar-refractivity contribution in [3.8, 4) is 11.5 Å². The lowest BCUT2D eigenvalue weighted by molar-refractivity contribution is -0.123. The molecule has 0 saturated heterocycles. The summed E-state index contributed by atoms with van der Waals surface area (Å²) in [5, 5.41) is 21.0. The average Bonchev–Trinajstić information content (AvgIpc) is 2.21. The van der Waals surface area contributed by atoms with E-state index in [1.807, 2.05) is 0 Å². The van der Waals surface area contributed by atoms with Gasteiger partial charge in [-0.25, -0.2) is 4.39 Å². The van der Waals surface area contributed by atoms with Crippen LogP contribution in [0.15, 0.2) is 12.1 Å². The Morgan fingerprint density at radius 2 is 1.94 bits per heavy atom. The van der Waals surface area contributed by atoms with Crippen LogP contribution in [-0.4, -0.2) is 21.7 Å². The fraction of sp³-hybridized carbons (Fsp3) is 0.417. The summed E-state index contributed by atoms with van der Waals surface area (Å²) < 4.78 is 13.2. The molecule has 100 valence electrons. The van der Waals surface area contributed by atoms with Crippen LogP contribution in [0, 0.1) is 5.82 Å². The summed E-state index contributed by atoms with van der Waals surface area (Å²) >= 11 is 0. The van der Waals surface area contributed by atoms with Gasteiger partial charge in [0.1, 0.15) is 6.04 Å². The molecule has 0 bridgehead atoms. The first-order valence-corrected chi connectivity index (χ1v) is 5.41. The van der Waals surface area contributed by atoms with Gasteiger partial charge >= 0.3 is 0 Å². The van der Waals surface area contributed by atoms with Gasteiger partial charge in [0.2, 0.25) is 5.91 Å². The fourth-order valence-electron chi connectivity index (χ4n) is 1.38. The number of amides is 1. The highest BCUT2D eigenvalue weighted by Crippen LogP contribution is 2.30. The second-order valence-corrected chi connectivity index (χ2v) is 5.09. The maximum atomic E-state index is 13.2. The minimum Gasteiger partial charge on any atom is -0.504 e. The number of phenols is 2. The van der Waals surface area contributed by atoms with Gasteiger partial charge in [-0.2, -0.15) is 0 Å². The number of nitrogens with one attached hydrogen (secondary N) is 1. The van der Waals surface area contributed by atoms with E-state index >= 15 is 0 Å². The van der Waals surface area contributed by atoms with E-state index < -0.39 is 34.8 Å². The molecule has 0 aliphatic carbocycles. The molecule has 1 aromatic carbocycles. The van der Waals surface area contributed by atoms with Crippen molar-refractivity contribution in [2.24, 2.45) is 5.73 Å². The Balaban J connectivity index is 2.97. The molecule has 5 N–H and O–H groups in total. The lowest BCUT2D eigenvalue weighted by Crippen LogP contribution is -2.45. The van der Waals surface area contributed by atoms with E-state index in [1.165, 1.54) is 0 Å². The number of hydrogen-bond donors (Lipinski definition) is 4. The fourth-order valence-corrected chi connectivity index (χ4v) is 1.38. The summed E-state index contributed by atoms with van der Waals surface area (Å²) in [5.41, 5.74) is 5.28. The molecule has 0 spiro atoms. The smallest absolute Gasteiger partial charge is 0.241 e. The summed E-state index contributed by atoms with van der Waals surface area (Å²) in [6, 6.07) is 0.859. The average molecular weight is 256 g/mol. The van der Waals surface area contributed by atoms with Gasteiger partial charge in [-0.3, -0.25) is 4.79 Å². The lowest BCUT2D eigenvalue weighted by Gasteiger charge is -2.23. The normalized spacial score (nSPS) is 13.2. The Hall–Kier alpha value is -1.82. The van der Waals surface area contributed by atoms with E-state index in [0.29, 0.717) is 0 Å². The van der Waals surface area contributed by atoms with Crippen LogP contribution in [0.4, 0.5) is 4.39 Å². The van der Waals surface area contributed by atoms with E-state index in [9.17, 15) is 14.3 Å². The van der Waals surface area contributed by atoms with Gasteiger partial charge in [0.05, 0.1) is 0 Å². The van der Waals surface area contributed by atoms with Crippen molar-refractivity contribution in [1.29, 1.82) is 0 Å². The number of hydrogen-bond acceptors (Lipinski definition) is 4. The van der Waals surface area contributed by atoms with Crippen molar-refractivity contribution >= 4 is 5.91 Å². The van der Waals surface area contributed by atoms with Crippen LogP contribution >= 0.6 is 0 Å². The van der Waals surface area contributed by atoms with Gasteiger partial charge < -0.3 is 21.3 Å². The number of nitrogens with two attached hydrogens (primary N) is 1. The van der Waals surface area contributed by atoms with Gasteiger partial charge in [-0.1, -0.05) is 0 Å². The Bertz CT molecular complexity index is 446. The maximum Gasteiger partial charge on any atom is 0.241 e. The zero-order valence-corrected chi connectivity index (χ0v) is 10.5. The Morgan fingerprint density at radius 1 is 1.39 bits per heavy atom. The summed E-state index contributed by atoms with van der Waals surface area (Å²) in [4.78, 5) is 11.8. The minimum absolute atomic E-state index is 0.0875. The third-order valence-corrected chi connectivity index (χ3v) is 2.21. The van der Waals surface area contributed by atoms with Crippen molar-refractivity contribution in [3.63, 3.8) is 0 Å². The highest BCUT2D eigenvalue weighted by Gasteiger charge is 2.23. The predicted molar refractivity (Wildman–Crippen MR) is 64.6 cm³/mol. The number of rotatable bonds is 2. The molecule has 1 aromatic rings. The molecule has 0 saturated carbocycles. The van der Waals surface area contributed by atoms with Crippen molar-refractivity contribution in [1.82, 2.24) is 5.32 Å². The van der Waals surface area contributed by atoms with Crippen LogP contribution < -0.4 is 11.1 Å². The van der Waals surface area contributed by atoms with Crippen LogP contribution in [0.2, 0.25) is 0 Å². The number of phenolic OH excluding ortho intramolecular Hbond substituents is 2. The second-order valence-electron chi connectivity index (χ2n) is 5.09. The lowest BCUT2D eigenvalue weighted by atomic mass is 10.0. The van der Waals surface area contributed by atoms with Gasteiger partial charge in [0, 0.05) is 5.54 Å². The molecule has 1 atom stereocenters. The molecule has 0 fully saturated rings. The minimum atomic E-state index is -1.12. The SMILES string of the molecule is CC(C)(C)NC(=O)C(N)c1cc(O)c(O)c(F)c1.